The fourth-order valence-corrected chi connectivity index (χ4v) is 6.21. The van der Waals surface area contributed by atoms with Gasteiger partial charge in [-0.25, -0.2) is 4.90 Å². The summed E-state index contributed by atoms with van der Waals surface area (Å²) >= 11 is 0. The first-order valence-electron chi connectivity index (χ1n) is 12.9. The average molecular weight is 540 g/mol. The lowest BCUT2D eigenvalue weighted by Crippen LogP contribution is -2.50. The molecule has 2 fully saturated rings. The van der Waals surface area contributed by atoms with Gasteiger partial charge in [-0.2, -0.15) is 0 Å². The van der Waals surface area contributed by atoms with Crippen LogP contribution in [0.5, 0.6) is 23.0 Å². The highest BCUT2D eigenvalue weighted by molar-refractivity contribution is 6.25. The van der Waals surface area contributed by atoms with E-state index in [0.29, 0.717) is 34.4 Å². The number of rotatable bonds is 5. The molecule has 3 aromatic carbocycles. The van der Waals surface area contributed by atoms with Crippen LogP contribution in [0.1, 0.15) is 5.56 Å². The molecule has 0 radical (unpaired) electrons. The Bertz CT molecular complexity index is 1600. The highest BCUT2D eigenvalue weighted by Crippen LogP contribution is 2.50. The van der Waals surface area contributed by atoms with Gasteiger partial charge in [-0.1, -0.05) is 30.4 Å². The van der Waals surface area contributed by atoms with E-state index in [9.17, 15) is 14.4 Å². The number of ether oxygens (including phenoxy) is 4. The Morgan fingerprint density at radius 2 is 1.73 bits per heavy atom. The third kappa shape index (κ3) is 3.45. The number of carbonyl (C=O) groups is 3. The molecular formula is C30H25N3O7. The van der Waals surface area contributed by atoms with Crippen LogP contribution in [0.3, 0.4) is 0 Å². The van der Waals surface area contributed by atoms with Crippen LogP contribution >= 0.6 is 0 Å². The standard InChI is InChI=1S/C30H25N3O7/c1-37-18-9-12-22(38-2)19(14-18)31-28(34)27-26-25(21-10-7-16-5-3-4-6-20(16)33(21)27)29(35)32(30(26)36)17-8-11-23-24(13-17)40-15-39-23/h3-14,21,25-27H,15H2,1-2H3,(H,31,34)/t21-,25-,26-,27+/m0/s1. The van der Waals surface area contributed by atoms with Gasteiger partial charge in [0.25, 0.3) is 0 Å². The van der Waals surface area contributed by atoms with Crippen molar-refractivity contribution >= 4 is 40.9 Å². The molecule has 4 aliphatic heterocycles. The second-order valence-corrected chi connectivity index (χ2v) is 9.92. The van der Waals surface area contributed by atoms with E-state index in [1.54, 1.807) is 36.4 Å². The Balaban J connectivity index is 1.31. The van der Waals surface area contributed by atoms with Gasteiger partial charge in [-0.3, -0.25) is 14.4 Å². The molecule has 202 valence electrons. The molecule has 4 atom stereocenters. The molecule has 0 saturated carbocycles. The highest BCUT2D eigenvalue weighted by Gasteiger charge is 2.64. The number of nitrogens with one attached hydrogen (secondary N) is 1. The molecule has 0 aliphatic carbocycles. The van der Waals surface area contributed by atoms with Crippen LogP contribution in [-0.4, -0.2) is 50.8 Å². The van der Waals surface area contributed by atoms with E-state index in [2.05, 4.69) is 5.32 Å². The normalized spacial score (nSPS) is 23.6. The van der Waals surface area contributed by atoms with Crippen molar-refractivity contribution in [3.63, 3.8) is 0 Å². The minimum absolute atomic E-state index is 0.0726. The van der Waals surface area contributed by atoms with Gasteiger partial charge in [0, 0.05) is 17.8 Å². The maximum atomic E-state index is 14.1. The number of carbonyl (C=O) groups excluding carboxylic acids is 3. The van der Waals surface area contributed by atoms with E-state index < -0.39 is 35.7 Å². The number of nitrogens with zero attached hydrogens (tertiary/aromatic N) is 2. The summed E-state index contributed by atoms with van der Waals surface area (Å²) in [4.78, 5) is 45.3. The number of hydrogen-bond donors (Lipinski definition) is 1. The summed E-state index contributed by atoms with van der Waals surface area (Å²) < 4.78 is 21.7. The zero-order valence-corrected chi connectivity index (χ0v) is 21.7. The number of amides is 3. The molecule has 0 unspecified atom stereocenters. The molecule has 40 heavy (non-hydrogen) atoms. The SMILES string of the molecule is COc1ccc(OC)c(NC(=O)[C@H]2[C@H]3C(=O)N(c4ccc5c(c4)OCO5)C(=O)[C@H]3[C@@H]3C=Cc4ccccc4N32)c1. The molecule has 2 saturated heterocycles. The smallest absolute Gasteiger partial charge is 0.248 e. The minimum Gasteiger partial charge on any atom is -0.497 e. The quantitative estimate of drug-likeness (QED) is 0.492. The number of fused-ring (bicyclic) bond motifs is 6. The van der Waals surface area contributed by atoms with Crippen LogP contribution in [-0.2, 0) is 14.4 Å². The lowest BCUT2D eigenvalue weighted by Gasteiger charge is -2.36. The van der Waals surface area contributed by atoms with Crippen LogP contribution in [0.4, 0.5) is 17.1 Å². The number of hydrogen-bond acceptors (Lipinski definition) is 8. The van der Waals surface area contributed by atoms with Crippen LogP contribution in [0.2, 0.25) is 0 Å². The zero-order valence-electron chi connectivity index (χ0n) is 21.7. The second kappa shape index (κ2) is 9.04. The topological polar surface area (TPSA) is 107 Å². The third-order valence-corrected chi connectivity index (χ3v) is 7.96. The molecule has 0 spiro atoms. The van der Waals surface area contributed by atoms with Gasteiger partial charge < -0.3 is 29.2 Å². The van der Waals surface area contributed by atoms with Gasteiger partial charge in [0.15, 0.2) is 11.5 Å². The van der Waals surface area contributed by atoms with E-state index in [0.717, 1.165) is 11.3 Å². The molecule has 7 rings (SSSR count). The fourth-order valence-electron chi connectivity index (χ4n) is 6.21. The molecule has 3 amide bonds. The van der Waals surface area contributed by atoms with Gasteiger partial charge in [0.05, 0.1) is 43.5 Å². The van der Waals surface area contributed by atoms with Gasteiger partial charge in [0.2, 0.25) is 24.5 Å². The third-order valence-electron chi connectivity index (χ3n) is 7.96. The molecule has 3 aromatic rings. The summed E-state index contributed by atoms with van der Waals surface area (Å²) in [6.07, 6.45) is 3.85. The van der Waals surface area contributed by atoms with E-state index in [1.165, 1.54) is 19.1 Å². The van der Waals surface area contributed by atoms with Gasteiger partial charge in [0.1, 0.15) is 17.5 Å². The Morgan fingerprint density at radius 1 is 0.925 bits per heavy atom. The fraction of sp³-hybridized carbons (Fsp3) is 0.233. The van der Waals surface area contributed by atoms with Crippen LogP contribution in [0.15, 0.2) is 66.7 Å². The molecule has 10 heteroatoms. The number of benzene rings is 3. The largest absolute Gasteiger partial charge is 0.497 e. The van der Waals surface area contributed by atoms with E-state index >= 15 is 0 Å². The van der Waals surface area contributed by atoms with Crippen molar-refractivity contribution in [2.45, 2.75) is 12.1 Å². The predicted molar refractivity (Wildman–Crippen MR) is 146 cm³/mol. The monoisotopic (exact) mass is 539 g/mol. The van der Waals surface area contributed by atoms with E-state index in [1.807, 2.05) is 41.3 Å². The first-order valence-corrected chi connectivity index (χ1v) is 12.9. The van der Waals surface area contributed by atoms with Crippen molar-refractivity contribution in [1.29, 1.82) is 0 Å². The number of methoxy groups -OCH3 is 2. The Hall–Kier alpha value is -4.99. The summed E-state index contributed by atoms with van der Waals surface area (Å²) in [6, 6.07) is 16.2. The molecule has 1 N–H and O–H groups in total. The molecule has 0 aromatic heterocycles. The van der Waals surface area contributed by atoms with Crippen molar-refractivity contribution < 1.29 is 33.3 Å². The van der Waals surface area contributed by atoms with E-state index in [-0.39, 0.29) is 12.7 Å². The second-order valence-electron chi connectivity index (χ2n) is 9.92. The number of anilines is 3. The summed E-state index contributed by atoms with van der Waals surface area (Å²) in [5, 5.41) is 2.95. The first-order chi connectivity index (χ1) is 19.5. The Labute approximate surface area is 229 Å². The van der Waals surface area contributed by atoms with Crippen molar-refractivity contribution in [3.8, 4) is 23.0 Å². The lowest BCUT2D eigenvalue weighted by atomic mass is 9.88. The summed E-state index contributed by atoms with van der Waals surface area (Å²) in [5.74, 6) is -0.924. The molecule has 4 aliphatic rings. The maximum Gasteiger partial charge on any atom is 0.248 e. The van der Waals surface area contributed by atoms with Crippen LogP contribution in [0.25, 0.3) is 6.08 Å². The summed E-state index contributed by atoms with van der Waals surface area (Å²) in [6.45, 7) is 0.0726. The Morgan fingerprint density at radius 3 is 2.55 bits per heavy atom. The highest BCUT2D eigenvalue weighted by atomic mass is 16.7. The van der Waals surface area contributed by atoms with Gasteiger partial charge >= 0.3 is 0 Å². The molecule has 4 heterocycles. The van der Waals surface area contributed by atoms with Crippen molar-refractivity contribution in [3.05, 3.63) is 72.3 Å². The molecule has 10 nitrogen and oxygen atoms in total. The summed E-state index contributed by atoms with van der Waals surface area (Å²) in [7, 11) is 3.04. The predicted octanol–water partition coefficient (Wildman–Crippen LogP) is 3.46. The van der Waals surface area contributed by atoms with Crippen LogP contribution < -0.4 is 34.1 Å². The van der Waals surface area contributed by atoms with Crippen molar-refractivity contribution in [2.75, 3.05) is 36.1 Å². The number of para-hydroxylation sites is 1. The number of imide groups is 1. The average Bonchev–Trinajstić information content (AvgIpc) is 3.65. The van der Waals surface area contributed by atoms with Gasteiger partial charge in [-0.15, -0.1) is 0 Å². The summed E-state index contributed by atoms with van der Waals surface area (Å²) in [5.41, 5.74) is 2.48. The van der Waals surface area contributed by atoms with Crippen molar-refractivity contribution in [2.24, 2.45) is 11.8 Å². The maximum absolute atomic E-state index is 14.1. The van der Waals surface area contributed by atoms with Gasteiger partial charge in [-0.05, 0) is 35.9 Å². The van der Waals surface area contributed by atoms with Crippen molar-refractivity contribution in [1.82, 2.24) is 0 Å². The first kappa shape index (κ1) is 24.1. The molecular weight excluding hydrogens is 514 g/mol. The Kier molecular flexibility index (Phi) is 5.44. The van der Waals surface area contributed by atoms with Crippen LogP contribution in [0, 0.1) is 11.8 Å². The zero-order chi connectivity index (χ0) is 27.5. The minimum atomic E-state index is -0.965. The molecule has 0 bridgehead atoms. The lowest BCUT2D eigenvalue weighted by molar-refractivity contribution is -0.126. The van der Waals surface area contributed by atoms with E-state index in [4.69, 9.17) is 18.9 Å².